The van der Waals surface area contributed by atoms with Gasteiger partial charge in [-0.2, -0.15) is 8.78 Å². The summed E-state index contributed by atoms with van der Waals surface area (Å²) in [4.78, 5) is 4.27. The van der Waals surface area contributed by atoms with Crippen LogP contribution >= 0.6 is 24.0 Å². The number of hydrogen-bond donors (Lipinski definition) is 2. The summed E-state index contributed by atoms with van der Waals surface area (Å²) in [7, 11) is 0. The average molecular weight is 473 g/mol. The second kappa shape index (κ2) is 9.70. The van der Waals surface area contributed by atoms with Crippen LogP contribution in [0.3, 0.4) is 0 Å². The van der Waals surface area contributed by atoms with Crippen LogP contribution in [0.25, 0.3) is 0 Å². The molecule has 0 aliphatic heterocycles. The molecule has 0 bridgehead atoms. The number of guanidine groups is 1. The molecule has 3 N–H and O–H groups in total. The topological polar surface area (TPSA) is 59.6 Å². The van der Waals surface area contributed by atoms with Crippen molar-refractivity contribution in [3.63, 3.8) is 0 Å². The summed E-state index contributed by atoms with van der Waals surface area (Å²) in [5.74, 6) is 0.489. The normalized spacial score (nSPS) is 13.3. The number of halogens is 3. The van der Waals surface area contributed by atoms with E-state index >= 15 is 0 Å². The molecule has 7 heteroatoms. The molecule has 0 spiro atoms. The molecule has 3 rings (SSSR count). The van der Waals surface area contributed by atoms with Crippen molar-refractivity contribution < 1.29 is 13.5 Å². The van der Waals surface area contributed by atoms with Gasteiger partial charge in [0.15, 0.2) is 5.96 Å². The van der Waals surface area contributed by atoms with Crippen molar-refractivity contribution in [2.45, 2.75) is 32.3 Å². The summed E-state index contributed by atoms with van der Waals surface area (Å²) < 4.78 is 29.3. The number of para-hydroxylation sites is 1. The molecule has 0 fully saturated rings. The number of aryl methyl sites for hydroxylation is 2. The Bertz CT molecular complexity index is 768. The summed E-state index contributed by atoms with van der Waals surface area (Å²) in [6.07, 6.45) is 3.90. The van der Waals surface area contributed by atoms with E-state index in [1.54, 1.807) is 18.2 Å². The molecule has 0 saturated heterocycles. The minimum Gasteiger partial charge on any atom is -0.435 e. The lowest BCUT2D eigenvalue weighted by Crippen LogP contribution is -2.23. The molecule has 26 heavy (non-hydrogen) atoms. The predicted molar refractivity (Wildman–Crippen MR) is 111 cm³/mol. The van der Waals surface area contributed by atoms with Crippen molar-refractivity contribution >= 4 is 35.6 Å². The van der Waals surface area contributed by atoms with E-state index in [1.165, 1.54) is 23.6 Å². The molecule has 1 aliphatic rings. The predicted octanol–water partition coefficient (Wildman–Crippen LogP) is 4.36. The molecule has 2 aromatic carbocycles. The number of nitrogens with two attached hydrogens (primary N) is 1. The van der Waals surface area contributed by atoms with E-state index in [0.717, 1.165) is 18.5 Å². The number of benzene rings is 2. The van der Waals surface area contributed by atoms with Gasteiger partial charge >= 0.3 is 6.61 Å². The Balaban J connectivity index is 0.00000243. The van der Waals surface area contributed by atoms with Gasteiger partial charge in [0.25, 0.3) is 0 Å². The zero-order valence-corrected chi connectivity index (χ0v) is 16.6. The molecule has 2 aromatic rings. The van der Waals surface area contributed by atoms with Gasteiger partial charge in [0.05, 0.1) is 0 Å². The van der Waals surface area contributed by atoms with Crippen LogP contribution in [-0.2, 0) is 19.3 Å². The van der Waals surface area contributed by atoms with Gasteiger partial charge in [-0.25, -0.2) is 0 Å². The number of nitrogens with one attached hydrogen (secondary N) is 1. The van der Waals surface area contributed by atoms with Gasteiger partial charge in [-0.05, 0) is 60.6 Å². The SMILES string of the molecule is I.NC(=NCCc1ccccc1OC(F)F)Nc1ccc2c(c1)CCC2. The lowest BCUT2D eigenvalue weighted by molar-refractivity contribution is -0.0504. The van der Waals surface area contributed by atoms with Gasteiger partial charge in [0.1, 0.15) is 5.75 Å². The number of fused-ring (bicyclic) bond motifs is 1. The number of alkyl halides is 2. The Morgan fingerprint density at radius 1 is 1.15 bits per heavy atom. The fourth-order valence-electron chi connectivity index (χ4n) is 3.06. The number of hydrogen-bond acceptors (Lipinski definition) is 2. The lowest BCUT2D eigenvalue weighted by atomic mass is 10.1. The molecule has 4 nitrogen and oxygen atoms in total. The van der Waals surface area contributed by atoms with E-state index in [4.69, 9.17) is 5.73 Å². The first-order valence-electron chi connectivity index (χ1n) is 8.33. The summed E-state index contributed by atoms with van der Waals surface area (Å²) >= 11 is 0. The van der Waals surface area contributed by atoms with Crippen molar-refractivity contribution in [1.82, 2.24) is 0 Å². The number of anilines is 1. The summed E-state index contributed by atoms with van der Waals surface area (Å²) in [5.41, 5.74) is 10.3. The van der Waals surface area contributed by atoms with Crippen molar-refractivity contribution in [3.05, 3.63) is 59.2 Å². The summed E-state index contributed by atoms with van der Waals surface area (Å²) in [6, 6.07) is 12.9. The maximum atomic E-state index is 12.4. The Hall–Kier alpha value is -1.90. The van der Waals surface area contributed by atoms with Crippen molar-refractivity contribution in [2.24, 2.45) is 10.7 Å². The van der Waals surface area contributed by atoms with Crippen LogP contribution < -0.4 is 15.8 Å². The molecule has 0 atom stereocenters. The van der Waals surface area contributed by atoms with Gasteiger partial charge in [0.2, 0.25) is 0 Å². The van der Waals surface area contributed by atoms with E-state index in [0.29, 0.717) is 24.5 Å². The van der Waals surface area contributed by atoms with E-state index in [9.17, 15) is 8.78 Å². The van der Waals surface area contributed by atoms with Gasteiger partial charge < -0.3 is 15.8 Å². The van der Waals surface area contributed by atoms with Crippen LogP contribution in [0, 0.1) is 0 Å². The molecular formula is C19H22F2IN3O. The minimum absolute atomic E-state index is 0. The molecule has 140 valence electrons. The molecule has 0 saturated carbocycles. The van der Waals surface area contributed by atoms with Crippen LogP contribution in [0.1, 0.15) is 23.1 Å². The number of ether oxygens (including phenoxy) is 1. The largest absolute Gasteiger partial charge is 0.435 e. The fourth-order valence-corrected chi connectivity index (χ4v) is 3.06. The highest BCUT2D eigenvalue weighted by Crippen LogP contribution is 2.25. The summed E-state index contributed by atoms with van der Waals surface area (Å²) in [6.45, 7) is -2.45. The van der Waals surface area contributed by atoms with Crippen LogP contribution in [0.15, 0.2) is 47.5 Å². The van der Waals surface area contributed by atoms with Crippen molar-refractivity contribution in [3.8, 4) is 5.75 Å². The van der Waals surface area contributed by atoms with E-state index in [-0.39, 0.29) is 29.7 Å². The van der Waals surface area contributed by atoms with E-state index in [1.807, 2.05) is 6.07 Å². The highest BCUT2D eigenvalue weighted by molar-refractivity contribution is 14.0. The molecule has 0 aromatic heterocycles. The Morgan fingerprint density at radius 3 is 2.73 bits per heavy atom. The van der Waals surface area contributed by atoms with Crippen LogP contribution in [0.2, 0.25) is 0 Å². The standard InChI is InChI=1S/C19H21F2N3O.HI/c20-18(21)25-17-7-2-1-4-14(17)10-11-23-19(22)24-16-9-8-13-5-3-6-15(13)12-16;/h1-2,4,7-9,12,18H,3,5-6,10-11H2,(H3,22,23,24);1H. The third kappa shape index (κ3) is 5.55. The van der Waals surface area contributed by atoms with E-state index < -0.39 is 6.61 Å². The van der Waals surface area contributed by atoms with Gasteiger partial charge in [-0.1, -0.05) is 24.3 Å². The van der Waals surface area contributed by atoms with E-state index in [2.05, 4.69) is 27.2 Å². The Kier molecular flexibility index (Phi) is 7.62. The molecule has 0 amide bonds. The number of aliphatic imine (C=N–C) groups is 1. The first kappa shape index (κ1) is 20.4. The van der Waals surface area contributed by atoms with Gasteiger partial charge in [-0.15, -0.1) is 24.0 Å². The first-order chi connectivity index (χ1) is 12.1. The maximum absolute atomic E-state index is 12.4. The molecule has 0 radical (unpaired) electrons. The zero-order chi connectivity index (χ0) is 17.6. The molecular weight excluding hydrogens is 451 g/mol. The third-order valence-corrected chi connectivity index (χ3v) is 4.22. The second-order valence-electron chi connectivity index (χ2n) is 5.97. The first-order valence-corrected chi connectivity index (χ1v) is 8.33. The van der Waals surface area contributed by atoms with Crippen molar-refractivity contribution in [1.29, 1.82) is 0 Å². The lowest BCUT2D eigenvalue weighted by Gasteiger charge is -2.10. The smallest absolute Gasteiger partial charge is 0.387 e. The number of rotatable bonds is 6. The van der Waals surface area contributed by atoms with Crippen molar-refractivity contribution in [2.75, 3.05) is 11.9 Å². The third-order valence-electron chi connectivity index (χ3n) is 4.22. The van der Waals surface area contributed by atoms with Crippen LogP contribution in [0.4, 0.5) is 14.5 Å². The van der Waals surface area contributed by atoms with Crippen LogP contribution in [0.5, 0.6) is 5.75 Å². The van der Waals surface area contributed by atoms with Crippen LogP contribution in [-0.4, -0.2) is 19.1 Å². The second-order valence-corrected chi connectivity index (χ2v) is 5.97. The monoisotopic (exact) mass is 473 g/mol. The zero-order valence-electron chi connectivity index (χ0n) is 14.3. The maximum Gasteiger partial charge on any atom is 0.387 e. The molecule has 0 unspecified atom stereocenters. The average Bonchev–Trinajstić information content (AvgIpc) is 3.03. The number of nitrogens with zero attached hydrogens (tertiary/aromatic N) is 1. The Labute approximate surface area is 168 Å². The highest BCUT2D eigenvalue weighted by Gasteiger charge is 2.11. The Morgan fingerprint density at radius 2 is 1.92 bits per heavy atom. The fraction of sp³-hybridized carbons (Fsp3) is 0.316. The molecule has 0 heterocycles. The quantitative estimate of drug-likeness (QED) is 0.373. The van der Waals surface area contributed by atoms with Gasteiger partial charge in [-0.3, -0.25) is 4.99 Å². The molecule has 1 aliphatic carbocycles. The minimum atomic E-state index is -2.84. The van der Waals surface area contributed by atoms with Gasteiger partial charge in [0, 0.05) is 12.2 Å². The highest BCUT2D eigenvalue weighted by atomic mass is 127. The summed E-state index contributed by atoms with van der Waals surface area (Å²) in [5, 5.41) is 3.08.